The highest BCUT2D eigenvalue weighted by atomic mass is 79.9. The molecule has 4 rings (SSSR count). The lowest BCUT2D eigenvalue weighted by molar-refractivity contribution is -0.229. The maximum absolute atomic E-state index is 11.7. The minimum absolute atomic E-state index is 0.241. The number of carbonyl (C=O) groups is 3. The van der Waals surface area contributed by atoms with E-state index in [0.717, 1.165) is 15.4 Å². The lowest BCUT2D eigenvalue weighted by Gasteiger charge is -2.46. The Bertz CT molecular complexity index is 1070. The predicted octanol–water partition coefficient (Wildman–Crippen LogP) is 3.06. The van der Waals surface area contributed by atoms with Crippen molar-refractivity contribution in [2.45, 2.75) is 63.8 Å². The van der Waals surface area contributed by atoms with E-state index in [1.54, 1.807) is 6.20 Å². The zero-order valence-electron chi connectivity index (χ0n) is 17.7. The third-order valence-electron chi connectivity index (χ3n) is 5.38. The number of carbonyl (C=O) groups excluding carboxylic acids is 3. The molecule has 32 heavy (non-hydrogen) atoms. The maximum Gasteiger partial charge on any atom is 0.305 e. The van der Waals surface area contributed by atoms with E-state index in [2.05, 4.69) is 20.9 Å². The van der Waals surface area contributed by atoms with Gasteiger partial charge in [-0.2, -0.15) is 0 Å². The average Bonchev–Trinajstić information content (AvgIpc) is 2.93. The molecule has 0 N–H and O–H groups in total. The van der Waals surface area contributed by atoms with Crippen molar-refractivity contribution in [2.24, 2.45) is 0 Å². The minimum Gasteiger partial charge on any atom is -0.490 e. The lowest BCUT2D eigenvalue weighted by Crippen LogP contribution is -2.58. The Labute approximate surface area is 192 Å². The summed E-state index contributed by atoms with van der Waals surface area (Å²) in [5.41, 5.74) is -0.198. The van der Waals surface area contributed by atoms with Crippen molar-refractivity contribution in [1.29, 1.82) is 0 Å². The second kappa shape index (κ2) is 8.67. The fraction of sp³-hybridized carbons (Fsp3) is 0.455. The van der Waals surface area contributed by atoms with E-state index in [9.17, 15) is 14.4 Å². The number of pyridine rings is 1. The smallest absolute Gasteiger partial charge is 0.305 e. The van der Waals surface area contributed by atoms with Crippen LogP contribution in [0.25, 0.3) is 10.9 Å². The minimum atomic E-state index is -1.18. The van der Waals surface area contributed by atoms with Crippen LogP contribution in [-0.4, -0.2) is 53.1 Å². The summed E-state index contributed by atoms with van der Waals surface area (Å²) in [5.74, 6) is -1.13. The van der Waals surface area contributed by atoms with Crippen molar-refractivity contribution in [3.05, 3.63) is 34.9 Å². The molecule has 1 spiro atoms. The first-order valence-corrected chi connectivity index (χ1v) is 10.9. The third-order valence-corrected chi connectivity index (χ3v) is 5.82. The van der Waals surface area contributed by atoms with E-state index in [1.165, 1.54) is 20.8 Å². The summed E-state index contributed by atoms with van der Waals surface area (Å²) in [4.78, 5) is 39.3. The van der Waals surface area contributed by atoms with Crippen LogP contribution in [0.4, 0.5) is 0 Å². The van der Waals surface area contributed by atoms with Gasteiger partial charge in [0.25, 0.3) is 0 Å². The zero-order chi connectivity index (χ0) is 23.0. The van der Waals surface area contributed by atoms with Crippen LogP contribution in [0, 0.1) is 0 Å². The molecule has 170 valence electrons. The molecular formula is C22H22BrNO8. The van der Waals surface area contributed by atoms with Gasteiger partial charge in [0.05, 0.1) is 5.52 Å². The van der Waals surface area contributed by atoms with Crippen LogP contribution in [0.15, 0.2) is 34.9 Å². The van der Waals surface area contributed by atoms with Gasteiger partial charge in [0.1, 0.15) is 17.5 Å². The Morgan fingerprint density at radius 1 is 1.03 bits per heavy atom. The number of rotatable bonds is 5. The van der Waals surface area contributed by atoms with Crippen LogP contribution >= 0.6 is 15.9 Å². The van der Waals surface area contributed by atoms with Crippen molar-refractivity contribution < 1.29 is 38.1 Å². The number of fused-ring (bicyclic) bond motifs is 1. The Morgan fingerprint density at radius 3 is 2.38 bits per heavy atom. The standard InChI is InChI=1S/C22H22BrNO8/c1-11(25)28-19-20(29-12(2)26)22(32-21(19)30-13(3)27)8-17(9-22)31-16-5-4-14-6-15(23)10-24-18(14)7-16/h4-7,10,17,19-21H,8-9H2,1-3H3/t17-,19-,20+,21?,22-/m1/s1. The van der Waals surface area contributed by atoms with Crippen LogP contribution < -0.4 is 4.74 Å². The van der Waals surface area contributed by atoms with E-state index in [-0.39, 0.29) is 6.10 Å². The predicted molar refractivity (Wildman–Crippen MR) is 114 cm³/mol. The first kappa shape index (κ1) is 22.5. The Kier molecular flexibility index (Phi) is 6.09. The summed E-state index contributed by atoms with van der Waals surface area (Å²) in [7, 11) is 0. The lowest BCUT2D eigenvalue weighted by atomic mass is 9.73. The summed E-state index contributed by atoms with van der Waals surface area (Å²) in [5, 5.41) is 0.972. The summed E-state index contributed by atoms with van der Waals surface area (Å²) >= 11 is 3.40. The summed E-state index contributed by atoms with van der Waals surface area (Å²) in [6.07, 6.45) is -0.989. The highest BCUT2D eigenvalue weighted by Gasteiger charge is 2.66. The van der Waals surface area contributed by atoms with Crippen molar-refractivity contribution >= 4 is 44.7 Å². The molecule has 1 aliphatic heterocycles. The number of ether oxygens (including phenoxy) is 5. The largest absolute Gasteiger partial charge is 0.490 e. The molecule has 3 atom stereocenters. The number of aromatic nitrogens is 1. The van der Waals surface area contributed by atoms with Crippen LogP contribution in [0.5, 0.6) is 5.75 Å². The van der Waals surface area contributed by atoms with Crippen LogP contribution in [0.2, 0.25) is 0 Å². The van der Waals surface area contributed by atoms with Crippen LogP contribution in [0.1, 0.15) is 33.6 Å². The average molecular weight is 508 g/mol. The van der Waals surface area contributed by atoms with Crippen molar-refractivity contribution in [3.63, 3.8) is 0 Å². The molecule has 1 saturated heterocycles. The molecule has 2 aromatic rings. The molecule has 0 amide bonds. The van der Waals surface area contributed by atoms with Gasteiger partial charge in [-0.3, -0.25) is 19.4 Å². The quantitative estimate of drug-likeness (QED) is 0.445. The Morgan fingerprint density at radius 2 is 1.72 bits per heavy atom. The third kappa shape index (κ3) is 4.56. The molecular weight excluding hydrogens is 486 g/mol. The highest BCUT2D eigenvalue weighted by Crippen LogP contribution is 2.50. The zero-order valence-corrected chi connectivity index (χ0v) is 19.3. The second-order valence-electron chi connectivity index (χ2n) is 7.92. The van der Waals surface area contributed by atoms with Gasteiger partial charge in [-0.1, -0.05) is 0 Å². The van der Waals surface area contributed by atoms with Crippen molar-refractivity contribution in [2.75, 3.05) is 0 Å². The Hall–Kier alpha value is -2.72. The van der Waals surface area contributed by atoms with Gasteiger partial charge in [-0.15, -0.1) is 0 Å². The van der Waals surface area contributed by atoms with E-state index < -0.39 is 42.0 Å². The van der Waals surface area contributed by atoms with Gasteiger partial charge in [-0.25, -0.2) is 0 Å². The number of halogens is 1. The molecule has 1 aromatic carbocycles. The number of nitrogens with zero attached hydrogens (tertiary/aromatic N) is 1. The van der Waals surface area contributed by atoms with Crippen LogP contribution in [-0.2, 0) is 33.3 Å². The van der Waals surface area contributed by atoms with E-state index >= 15 is 0 Å². The van der Waals surface area contributed by atoms with Gasteiger partial charge in [0.2, 0.25) is 12.4 Å². The number of benzene rings is 1. The molecule has 10 heteroatoms. The molecule has 1 aliphatic carbocycles. The fourth-order valence-corrected chi connectivity index (χ4v) is 4.54. The monoisotopic (exact) mass is 507 g/mol. The molecule has 2 fully saturated rings. The van der Waals surface area contributed by atoms with Gasteiger partial charge in [0, 0.05) is 55.7 Å². The first-order valence-electron chi connectivity index (χ1n) is 10.1. The summed E-state index contributed by atoms with van der Waals surface area (Å²) < 4.78 is 28.9. The molecule has 1 unspecified atom stereocenters. The Balaban J connectivity index is 1.51. The van der Waals surface area contributed by atoms with Crippen LogP contribution in [0.3, 0.4) is 0 Å². The van der Waals surface area contributed by atoms with E-state index in [0.29, 0.717) is 18.6 Å². The fourth-order valence-electron chi connectivity index (χ4n) is 4.19. The highest BCUT2D eigenvalue weighted by molar-refractivity contribution is 9.10. The molecule has 9 nitrogen and oxygen atoms in total. The van der Waals surface area contributed by atoms with Crippen molar-refractivity contribution in [1.82, 2.24) is 4.98 Å². The first-order chi connectivity index (χ1) is 15.1. The molecule has 0 bridgehead atoms. The maximum atomic E-state index is 11.7. The molecule has 2 heterocycles. The molecule has 2 aliphatic rings. The molecule has 1 aromatic heterocycles. The van der Waals surface area contributed by atoms with E-state index in [4.69, 9.17) is 23.7 Å². The summed E-state index contributed by atoms with van der Waals surface area (Å²) in [6.45, 7) is 3.70. The van der Waals surface area contributed by atoms with Gasteiger partial charge in [-0.05, 0) is 34.1 Å². The van der Waals surface area contributed by atoms with Gasteiger partial charge in [0.15, 0.2) is 6.10 Å². The number of esters is 3. The van der Waals surface area contributed by atoms with Gasteiger partial charge < -0.3 is 23.7 Å². The van der Waals surface area contributed by atoms with Crippen molar-refractivity contribution in [3.8, 4) is 5.75 Å². The number of hydrogen-bond acceptors (Lipinski definition) is 9. The topological polar surface area (TPSA) is 110 Å². The normalized spacial score (nSPS) is 28.8. The van der Waals surface area contributed by atoms with E-state index in [1.807, 2.05) is 24.3 Å². The molecule has 1 saturated carbocycles. The molecule has 0 radical (unpaired) electrons. The number of hydrogen-bond donors (Lipinski definition) is 0. The second-order valence-corrected chi connectivity index (χ2v) is 8.84. The summed E-state index contributed by atoms with van der Waals surface area (Å²) in [6, 6.07) is 7.57. The van der Waals surface area contributed by atoms with Gasteiger partial charge >= 0.3 is 17.9 Å². The SMILES string of the molecule is CC(=O)OC1O[C@]2(C[C@H](Oc3ccc4cc(Br)cnc4c3)C2)[C@@H](OC(C)=O)[C@H]1OC(C)=O.